The molecule has 2 aliphatic heterocycles. The molecule has 168 valence electrons. The summed E-state index contributed by atoms with van der Waals surface area (Å²) in [5.41, 5.74) is 1.11. The highest BCUT2D eigenvalue weighted by Gasteiger charge is 2.42. The standard InChI is InChI=1S/C23H26N4O5/c1-30-17-13-16(14-18(31-2)20(17)32-3)24-22(29)27-11-9-23(10-12-27)25-19(21(28)26-23)15-7-5-4-6-8-15/h4-8,13-14H,9-12H2,1-3H3,(H,24,29)(H,26,28). The minimum absolute atomic E-state index is 0.175. The van der Waals surface area contributed by atoms with Crippen LogP contribution in [0.4, 0.5) is 10.5 Å². The number of aliphatic imine (C=N–C) groups is 1. The largest absolute Gasteiger partial charge is 0.493 e. The third-order valence-corrected chi connectivity index (χ3v) is 5.73. The highest BCUT2D eigenvalue weighted by atomic mass is 16.5. The van der Waals surface area contributed by atoms with Gasteiger partial charge in [0, 0.05) is 43.6 Å². The molecule has 2 aromatic rings. The maximum absolute atomic E-state index is 12.9. The molecule has 2 heterocycles. The van der Waals surface area contributed by atoms with Gasteiger partial charge in [0.05, 0.1) is 27.0 Å². The molecular weight excluding hydrogens is 412 g/mol. The van der Waals surface area contributed by atoms with Crippen LogP contribution in [-0.4, -0.2) is 62.6 Å². The van der Waals surface area contributed by atoms with E-state index in [1.165, 1.54) is 21.3 Å². The summed E-state index contributed by atoms with van der Waals surface area (Å²) in [5, 5.41) is 5.90. The molecule has 4 rings (SSSR count). The highest BCUT2D eigenvalue weighted by molar-refractivity contribution is 6.46. The number of carbonyl (C=O) groups is 2. The van der Waals surface area contributed by atoms with Crippen LogP contribution in [0.1, 0.15) is 18.4 Å². The molecule has 1 saturated heterocycles. The molecule has 1 fully saturated rings. The number of hydrogen-bond donors (Lipinski definition) is 2. The van der Waals surface area contributed by atoms with Crippen LogP contribution in [0.3, 0.4) is 0 Å². The Balaban J connectivity index is 1.43. The molecule has 1 spiro atoms. The Bertz CT molecular complexity index is 1020. The third kappa shape index (κ3) is 4.05. The molecule has 2 aromatic carbocycles. The Morgan fingerprint density at radius 3 is 2.22 bits per heavy atom. The number of carbonyl (C=O) groups excluding carboxylic acids is 2. The molecule has 9 nitrogen and oxygen atoms in total. The SMILES string of the molecule is COc1cc(NC(=O)N2CCC3(CC2)N=C(c2ccccc2)C(=O)N3)cc(OC)c1OC. The summed E-state index contributed by atoms with van der Waals surface area (Å²) in [4.78, 5) is 31.8. The van der Waals surface area contributed by atoms with Crippen LogP contribution in [0.15, 0.2) is 47.5 Å². The molecule has 0 saturated carbocycles. The van der Waals surface area contributed by atoms with E-state index in [1.54, 1.807) is 17.0 Å². The van der Waals surface area contributed by atoms with Gasteiger partial charge < -0.3 is 29.7 Å². The quantitative estimate of drug-likeness (QED) is 0.747. The zero-order chi connectivity index (χ0) is 22.7. The average molecular weight is 438 g/mol. The van der Waals surface area contributed by atoms with E-state index in [2.05, 4.69) is 10.6 Å². The molecule has 0 radical (unpaired) electrons. The lowest BCUT2D eigenvalue weighted by Gasteiger charge is -2.37. The van der Waals surface area contributed by atoms with Gasteiger partial charge >= 0.3 is 6.03 Å². The number of urea groups is 1. The normalized spacial score (nSPS) is 16.9. The molecule has 3 amide bonds. The number of piperidine rings is 1. The van der Waals surface area contributed by atoms with Crippen LogP contribution in [0, 0.1) is 0 Å². The fourth-order valence-corrected chi connectivity index (χ4v) is 4.03. The van der Waals surface area contributed by atoms with Gasteiger partial charge in [-0.05, 0) is 0 Å². The van der Waals surface area contributed by atoms with Crippen molar-refractivity contribution >= 4 is 23.3 Å². The van der Waals surface area contributed by atoms with Gasteiger partial charge in [-0.15, -0.1) is 0 Å². The van der Waals surface area contributed by atoms with Crippen LogP contribution in [0.25, 0.3) is 0 Å². The van der Waals surface area contributed by atoms with Crippen LogP contribution in [-0.2, 0) is 4.79 Å². The molecular formula is C23H26N4O5. The minimum Gasteiger partial charge on any atom is -0.493 e. The van der Waals surface area contributed by atoms with Crippen LogP contribution in [0.2, 0.25) is 0 Å². The first-order valence-electron chi connectivity index (χ1n) is 10.3. The number of nitrogens with zero attached hydrogens (tertiary/aromatic N) is 2. The van der Waals surface area contributed by atoms with Crippen molar-refractivity contribution in [2.24, 2.45) is 4.99 Å². The number of benzene rings is 2. The Hall–Kier alpha value is -3.75. The van der Waals surface area contributed by atoms with Gasteiger partial charge in [-0.2, -0.15) is 0 Å². The van der Waals surface area contributed by atoms with Crippen LogP contribution in [0.5, 0.6) is 17.2 Å². The van der Waals surface area contributed by atoms with Crippen molar-refractivity contribution in [3.63, 3.8) is 0 Å². The Morgan fingerprint density at radius 1 is 1.03 bits per heavy atom. The number of methoxy groups -OCH3 is 3. The van der Waals surface area contributed by atoms with Gasteiger partial charge in [0.15, 0.2) is 11.5 Å². The summed E-state index contributed by atoms with van der Waals surface area (Å²) in [6.45, 7) is 0.921. The lowest BCUT2D eigenvalue weighted by molar-refractivity contribution is -0.115. The smallest absolute Gasteiger partial charge is 0.321 e. The number of ether oxygens (including phenoxy) is 3. The second-order valence-corrected chi connectivity index (χ2v) is 7.64. The van der Waals surface area contributed by atoms with E-state index in [9.17, 15) is 9.59 Å². The maximum Gasteiger partial charge on any atom is 0.321 e. The van der Waals surface area contributed by atoms with Crippen molar-refractivity contribution in [2.45, 2.75) is 18.5 Å². The number of hydrogen-bond acceptors (Lipinski definition) is 6. The predicted octanol–water partition coefficient (Wildman–Crippen LogP) is 2.66. The van der Waals surface area contributed by atoms with Crippen molar-refractivity contribution in [3.05, 3.63) is 48.0 Å². The second kappa shape index (κ2) is 8.78. The minimum atomic E-state index is -0.661. The predicted molar refractivity (Wildman–Crippen MR) is 120 cm³/mol. The van der Waals surface area contributed by atoms with E-state index in [0.29, 0.717) is 54.6 Å². The number of anilines is 1. The zero-order valence-corrected chi connectivity index (χ0v) is 18.3. The maximum atomic E-state index is 12.9. The van der Waals surface area contributed by atoms with E-state index < -0.39 is 5.66 Å². The van der Waals surface area contributed by atoms with E-state index in [4.69, 9.17) is 19.2 Å². The second-order valence-electron chi connectivity index (χ2n) is 7.64. The van der Waals surface area contributed by atoms with Crippen LogP contribution >= 0.6 is 0 Å². The van der Waals surface area contributed by atoms with E-state index in [0.717, 1.165) is 5.56 Å². The first-order chi connectivity index (χ1) is 15.5. The number of likely N-dealkylation sites (tertiary alicyclic amines) is 1. The monoisotopic (exact) mass is 438 g/mol. The fourth-order valence-electron chi connectivity index (χ4n) is 4.03. The van der Waals surface area contributed by atoms with Crippen molar-refractivity contribution in [3.8, 4) is 17.2 Å². The molecule has 0 atom stereocenters. The summed E-state index contributed by atoms with van der Waals surface area (Å²) in [6.07, 6.45) is 1.08. The van der Waals surface area contributed by atoms with Gasteiger partial charge in [0.2, 0.25) is 5.75 Å². The van der Waals surface area contributed by atoms with E-state index >= 15 is 0 Å². The van der Waals surface area contributed by atoms with Gasteiger partial charge in [-0.3, -0.25) is 9.79 Å². The lowest BCUT2D eigenvalue weighted by atomic mass is 9.98. The number of nitrogens with one attached hydrogen (secondary N) is 2. The Morgan fingerprint density at radius 2 is 1.66 bits per heavy atom. The summed E-state index contributed by atoms with van der Waals surface area (Å²) < 4.78 is 16.0. The first-order valence-corrected chi connectivity index (χ1v) is 10.3. The summed E-state index contributed by atoms with van der Waals surface area (Å²) in [5.74, 6) is 1.19. The van der Waals surface area contributed by atoms with E-state index in [1.807, 2.05) is 30.3 Å². The molecule has 0 aromatic heterocycles. The van der Waals surface area contributed by atoms with Crippen molar-refractivity contribution in [1.29, 1.82) is 0 Å². The van der Waals surface area contributed by atoms with Gasteiger partial charge in [0.25, 0.3) is 5.91 Å². The summed E-state index contributed by atoms with van der Waals surface area (Å²) in [6, 6.07) is 12.5. The molecule has 32 heavy (non-hydrogen) atoms. The molecule has 2 N–H and O–H groups in total. The summed E-state index contributed by atoms with van der Waals surface area (Å²) in [7, 11) is 4.57. The molecule has 9 heteroatoms. The first kappa shape index (κ1) is 21.5. The number of rotatable bonds is 5. The van der Waals surface area contributed by atoms with Crippen LogP contribution < -0.4 is 24.8 Å². The Labute approximate surface area is 186 Å². The van der Waals surface area contributed by atoms with Gasteiger partial charge in [-0.25, -0.2) is 4.79 Å². The van der Waals surface area contributed by atoms with Crippen molar-refractivity contribution in [1.82, 2.24) is 10.2 Å². The fraction of sp³-hybridized carbons (Fsp3) is 0.348. The average Bonchev–Trinajstić information content (AvgIpc) is 3.14. The Kier molecular flexibility index (Phi) is 5.89. The lowest BCUT2D eigenvalue weighted by Crippen LogP contribution is -2.53. The summed E-state index contributed by atoms with van der Waals surface area (Å²) >= 11 is 0. The number of amides is 3. The molecule has 2 aliphatic rings. The third-order valence-electron chi connectivity index (χ3n) is 5.73. The van der Waals surface area contributed by atoms with Crippen molar-refractivity contribution in [2.75, 3.05) is 39.7 Å². The zero-order valence-electron chi connectivity index (χ0n) is 18.3. The van der Waals surface area contributed by atoms with Gasteiger partial charge in [0.1, 0.15) is 11.4 Å². The molecule has 0 unspecified atom stereocenters. The van der Waals surface area contributed by atoms with Crippen molar-refractivity contribution < 1.29 is 23.8 Å². The molecule has 0 bridgehead atoms. The topological polar surface area (TPSA) is 101 Å². The van der Waals surface area contributed by atoms with E-state index in [-0.39, 0.29) is 11.9 Å². The van der Waals surface area contributed by atoms with Gasteiger partial charge in [-0.1, -0.05) is 30.3 Å². The molecule has 0 aliphatic carbocycles. The highest BCUT2D eigenvalue weighted by Crippen LogP contribution is 2.40.